The number of rotatable bonds is 8. The molecule has 0 aromatic carbocycles. The maximum atomic E-state index is 5.44. The van der Waals surface area contributed by atoms with Crippen LogP contribution in [0.4, 0.5) is 0 Å². The minimum atomic E-state index is 0.621. The summed E-state index contributed by atoms with van der Waals surface area (Å²) < 4.78 is 16.7. The molecule has 0 unspecified atom stereocenters. The van der Waals surface area contributed by atoms with Crippen molar-refractivity contribution in [1.82, 2.24) is 0 Å². The maximum absolute atomic E-state index is 5.44. The van der Waals surface area contributed by atoms with Gasteiger partial charge < -0.3 is 14.2 Å². The highest BCUT2D eigenvalue weighted by Gasteiger charge is 1.97. The van der Waals surface area contributed by atoms with E-state index in [2.05, 4.69) is 22.0 Å². The smallest absolute Gasteiger partial charge is 0.0810 e. The van der Waals surface area contributed by atoms with Gasteiger partial charge in [0.2, 0.25) is 0 Å². The van der Waals surface area contributed by atoms with E-state index in [0.717, 1.165) is 4.47 Å². The largest absolute Gasteiger partial charge is 0.382 e. The predicted octanol–water partition coefficient (Wildman–Crippen LogP) is 2.69. The normalized spacial score (nSPS) is 10.8. The Kier molecular flexibility index (Phi) is 7.21. The Morgan fingerprint density at radius 1 is 1.20 bits per heavy atom. The lowest BCUT2D eigenvalue weighted by Gasteiger charge is -2.04. The summed E-state index contributed by atoms with van der Waals surface area (Å²) in [5, 5.41) is 2.05. The fourth-order valence-corrected chi connectivity index (χ4v) is 2.35. The molecule has 0 saturated carbocycles. The Bertz CT molecular complexity index is 265. The molecule has 15 heavy (non-hydrogen) atoms. The van der Waals surface area contributed by atoms with Crippen molar-refractivity contribution in [3.63, 3.8) is 0 Å². The summed E-state index contributed by atoms with van der Waals surface area (Å²) in [4.78, 5) is 1.22. The van der Waals surface area contributed by atoms with Gasteiger partial charge in [0.1, 0.15) is 0 Å². The molecular formula is C10H15BrO3S. The zero-order chi connectivity index (χ0) is 10.9. The summed E-state index contributed by atoms with van der Waals surface area (Å²) in [5.74, 6) is 0. The molecular weight excluding hydrogens is 280 g/mol. The maximum Gasteiger partial charge on any atom is 0.0810 e. The second kappa shape index (κ2) is 8.24. The molecule has 0 aliphatic carbocycles. The molecule has 0 aliphatic rings. The molecule has 0 saturated heterocycles. The van der Waals surface area contributed by atoms with Gasteiger partial charge in [-0.1, -0.05) is 0 Å². The number of thiophene rings is 1. The highest BCUT2D eigenvalue weighted by atomic mass is 79.9. The van der Waals surface area contributed by atoms with Gasteiger partial charge in [0.05, 0.1) is 33.0 Å². The summed E-state index contributed by atoms with van der Waals surface area (Å²) in [6, 6.07) is 2.07. The third-order valence-corrected chi connectivity index (χ3v) is 3.34. The van der Waals surface area contributed by atoms with Crippen LogP contribution in [0.1, 0.15) is 4.88 Å². The van der Waals surface area contributed by atoms with Crippen LogP contribution < -0.4 is 0 Å². The first kappa shape index (κ1) is 13.1. The minimum Gasteiger partial charge on any atom is -0.382 e. The van der Waals surface area contributed by atoms with Crippen molar-refractivity contribution in [2.75, 3.05) is 33.5 Å². The Balaban J connectivity index is 1.93. The highest BCUT2D eigenvalue weighted by Crippen LogP contribution is 2.20. The Morgan fingerprint density at radius 2 is 1.93 bits per heavy atom. The monoisotopic (exact) mass is 294 g/mol. The Morgan fingerprint density at radius 3 is 2.60 bits per heavy atom. The second-order valence-corrected chi connectivity index (χ2v) is 4.80. The van der Waals surface area contributed by atoms with Crippen molar-refractivity contribution >= 4 is 27.3 Å². The molecule has 3 nitrogen and oxygen atoms in total. The van der Waals surface area contributed by atoms with Gasteiger partial charge in [-0.15, -0.1) is 11.3 Å². The van der Waals surface area contributed by atoms with Gasteiger partial charge in [-0.05, 0) is 22.0 Å². The summed E-state index contributed by atoms with van der Waals surface area (Å²) >= 11 is 5.09. The fourth-order valence-electron chi connectivity index (χ4n) is 0.964. The van der Waals surface area contributed by atoms with Crippen LogP contribution in [0, 0.1) is 0 Å². The first-order valence-corrected chi connectivity index (χ1v) is 6.37. The number of hydrogen-bond acceptors (Lipinski definition) is 4. The van der Waals surface area contributed by atoms with Crippen molar-refractivity contribution < 1.29 is 14.2 Å². The van der Waals surface area contributed by atoms with Gasteiger partial charge >= 0.3 is 0 Å². The van der Waals surface area contributed by atoms with E-state index in [9.17, 15) is 0 Å². The molecule has 0 aliphatic heterocycles. The van der Waals surface area contributed by atoms with Gasteiger partial charge in [0, 0.05) is 21.8 Å². The van der Waals surface area contributed by atoms with E-state index in [0.29, 0.717) is 33.0 Å². The van der Waals surface area contributed by atoms with Crippen LogP contribution in [0.15, 0.2) is 15.9 Å². The van der Waals surface area contributed by atoms with Gasteiger partial charge in [0.25, 0.3) is 0 Å². The van der Waals surface area contributed by atoms with E-state index in [4.69, 9.17) is 14.2 Å². The standard InChI is InChI=1S/C10H15BrO3S/c1-12-2-3-13-4-5-14-7-10-6-9(11)8-15-10/h6,8H,2-5,7H2,1H3. The second-order valence-electron chi connectivity index (χ2n) is 2.89. The van der Waals surface area contributed by atoms with E-state index >= 15 is 0 Å². The van der Waals surface area contributed by atoms with E-state index in [-0.39, 0.29) is 0 Å². The third-order valence-electron chi connectivity index (χ3n) is 1.67. The van der Waals surface area contributed by atoms with Gasteiger partial charge in [-0.25, -0.2) is 0 Å². The molecule has 1 aromatic rings. The van der Waals surface area contributed by atoms with Crippen LogP contribution >= 0.6 is 27.3 Å². The van der Waals surface area contributed by atoms with Crippen LogP contribution in [0.2, 0.25) is 0 Å². The van der Waals surface area contributed by atoms with E-state index < -0.39 is 0 Å². The average Bonchev–Trinajstić information content (AvgIpc) is 2.63. The fraction of sp³-hybridized carbons (Fsp3) is 0.600. The number of hydrogen-bond donors (Lipinski definition) is 0. The molecule has 0 bridgehead atoms. The van der Waals surface area contributed by atoms with Gasteiger partial charge in [0.15, 0.2) is 0 Å². The number of halogens is 1. The Hall–Kier alpha value is 0.0600. The van der Waals surface area contributed by atoms with Crippen LogP contribution in [-0.2, 0) is 20.8 Å². The van der Waals surface area contributed by atoms with Crippen molar-refractivity contribution in [3.05, 3.63) is 20.8 Å². The minimum absolute atomic E-state index is 0.621. The molecule has 0 radical (unpaired) electrons. The van der Waals surface area contributed by atoms with E-state index in [1.54, 1.807) is 18.4 Å². The summed E-state index contributed by atoms with van der Waals surface area (Å²) in [7, 11) is 1.66. The number of ether oxygens (including phenoxy) is 3. The predicted molar refractivity (Wildman–Crippen MR) is 64.4 cm³/mol. The Labute approximate surface area is 102 Å². The SMILES string of the molecule is COCCOCCOCc1cc(Br)cs1. The average molecular weight is 295 g/mol. The van der Waals surface area contributed by atoms with E-state index in [1.165, 1.54) is 4.88 Å². The molecule has 0 atom stereocenters. The number of methoxy groups -OCH3 is 1. The molecule has 1 heterocycles. The van der Waals surface area contributed by atoms with Gasteiger partial charge in [-0.2, -0.15) is 0 Å². The van der Waals surface area contributed by atoms with Crippen LogP contribution in [0.25, 0.3) is 0 Å². The molecule has 5 heteroatoms. The van der Waals surface area contributed by atoms with E-state index in [1.807, 2.05) is 5.38 Å². The quantitative estimate of drug-likeness (QED) is 0.690. The third kappa shape index (κ3) is 6.27. The van der Waals surface area contributed by atoms with Crippen molar-refractivity contribution in [2.24, 2.45) is 0 Å². The zero-order valence-electron chi connectivity index (χ0n) is 8.70. The highest BCUT2D eigenvalue weighted by molar-refractivity contribution is 9.10. The molecule has 0 spiro atoms. The lowest BCUT2D eigenvalue weighted by atomic mass is 10.5. The summed E-state index contributed by atoms with van der Waals surface area (Å²) in [6.07, 6.45) is 0. The van der Waals surface area contributed by atoms with Crippen molar-refractivity contribution in [1.29, 1.82) is 0 Å². The molecule has 0 N–H and O–H groups in total. The van der Waals surface area contributed by atoms with Crippen LogP contribution in [0.3, 0.4) is 0 Å². The van der Waals surface area contributed by atoms with Crippen molar-refractivity contribution in [2.45, 2.75) is 6.61 Å². The molecule has 86 valence electrons. The first-order chi connectivity index (χ1) is 7.33. The molecule has 0 amide bonds. The first-order valence-electron chi connectivity index (χ1n) is 4.70. The molecule has 0 fully saturated rings. The lowest BCUT2D eigenvalue weighted by Crippen LogP contribution is -2.07. The topological polar surface area (TPSA) is 27.7 Å². The summed E-state index contributed by atoms with van der Waals surface area (Å²) in [5.41, 5.74) is 0. The van der Waals surface area contributed by atoms with Crippen LogP contribution in [0.5, 0.6) is 0 Å². The lowest BCUT2D eigenvalue weighted by molar-refractivity contribution is 0.0205. The van der Waals surface area contributed by atoms with Crippen molar-refractivity contribution in [3.8, 4) is 0 Å². The van der Waals surface area contributed by atoms with Gasteiger partial charge in [-0.3, -0.25) is 0 Å². The zero-order valence-corrected chi connectivity index (χ0v) is 11.1. The molecule has 1 rings (SSSR count). The summed E-state index contributed by atoms with van der Waals surface area (Å²) in [6.45, 7) is 3.17. The van der Waals surface area contributed by atoms with Crippen LogP contribution in [-0.4, -0.2) is 33.5 Å². The molecule has 1 aromatic heterocycles.